The van der Waals surface area contributed by atoms with Gasteiger partial charge in [0.25, 0.3) is 0 Å². The van der Waals surface area contributed by atoms with Gasteiger partial charge in [0.15, 0.2) is 0 Å². The Labute approximate surface area is 144 Å². The Bertz CT molecular complexity index is 829. The van der Waals surface area contributed by atoms with Crippen LogP contribution in [0.2, 0.25) is 5.02 Å². The largest absolute Gasteiger partial charge is 0.420 e. The van der Waals surface area contributed by atoms with Crippen LogP contribution in [-0.2, 0) is 10.2 Å². The number of rotatable bonds is 3. The zero-order valence-electron chi connectivity index (χ0n) is 13.0. The van der Waals surface area contributed by atoms with Crippen molar-refractivity contribution in [2.75, 3.05) is 13.2 Å². The maximum atomic E-state index is 6.21. The molecule has 0 N–H and O–H groups in total. The zero-order valence-corrected chi connectivity index (χ0v) is 13.7. The minimum Gasteiger partial charge on any atom is -0.420 e. The molecule has 0 atom stereocenters. The maximum absolute atomic E-state index is 6.21. The monoisotopic (exact) mass is 341 g/mol. The van der Waals surface area contributed by atoms with Crippen LogP contribution < -0.4 is 0 Å². The number of hydrogen-bond donors (Lipinski definition) is 0. The van der Waals surface area contributed by atoms with E-state index in [0.29, 0.717) is 30.0 Å². The highest BCUT2D eigenvalue weighted by molar-refractivity contribution is 6.30. The molecule has 5 nitrogen and oxygen atoms in total. The Morgan fingerprint density at radius 3 is 2.54 bits per heavy atom. The van der Waals surface area contributed by atoms with E-state index in [2.05, 4.69) is 21.2 Å². The summed E-state index contributed by atoms with van der Waals surface area (Å²) in [6.07, 6.45) is 4.98. The molecule has 2 aromatic heterocycles. The summed E-state index contributed by atoms with van der Waals surface area (Å²) in [5, 5.41) is 9.30. The van der Waals surface area contributed by atoms with Crippen molar-refractivity contribution in [3.63, 3.8) is 0 Å². The first-order valence-electron chi connectivity index (χ1n) is 7.86. The second-order valence-electron chi connectivity index (χ2n) is 5.85. The molecular formula is C18H16ClN3O2. The lowest BCUT2D eigenvalue weighted by atomic mass is 9.74. The van der Waals surface area contributed by atoms with E-state index in [9.17, 15) is 0 Å². The van der Waals surface area contributed by atoms with E-state index >= 15 is 0 Å². The van der Waals surface area contributed by atoms with Crippen LogP contribution in [-0.4, -0.2) is 28.4 Å². The first-order valence-corrected chi connectivity index (χ1v) is 8.24. The van der Waals surface area contributed by atoms with Gasteiger partial charge in [-0.05, 0) is 42.7 Å². The molecule has 1 fully saturated rings. The standard InChI is InChI=1S/C18H16ClN3O2/c19-15-3-1-2-14(12-15)18(6-10-23-11-7-18)17-22-21-16(24-17)13-4-8-20-9-5-13/h1-5,8-9,12H,6-7,10-11H2. The van der Waals surface area contributed by atoms with Gasteiger partial charge in [0.1, 0.15) is 0 Å². The topological polar surface area (TPSA) is 61.0 Å². The molecule has 4 rings (SSSR count). The van der Waals surface area contributed by atoms with Gasteiger partial charge >= 0.3 is 0 Å². The average Bonchev–Trinajstić information content (AvgIpc) is 3.14. The highest BCUT2D eigenvalue weighted by Gasteiger charge is 2.41. The van der Waals surface area contributed by atoms with Gasteiger partial charge in [-0.15, -0.1) is 10.2 Å². The van der Waals surface area contributed by atoms with Crippen molar-refractivity contribution in [3.05, 3.63) is 65.3 Å². The lowest BCUT2D eigenvalue weighted by Crippen LogP contribution is -2.35. The predicted octanol–water partition coefficient (Wildman–Crippen LogP) is 3.88. The van der Waals surface area contributed by atoms with Crippen molar-refractivity contribution in [1.82, 2.24) is 15.2 Å². The molecule has 0 spiro atoms. The number of benzene rings is 1. The van der Waals surface area contributed by atoms with Gasteiger partial charge in [-0.3, -0.25) is 4.98 Å². The predicted molar refractivity (Wildman–Crippen MR) is 89.8 cm³/mol. The zero-order chi connectivity index (χ0) is 16.4. The minimum atomic E-state index is -0.360. The third kappa shape index (κ3) is 2.70. The normalized spacial score (nSPS) is 16.9. The summed E-state index contributed by atoms with van der Waals surface area (Å²) in [5.74, 6) is 1.11. The molecule has 0 bridgehead atoms. The molecule has 0 radical (unpaired) electrons. The second-order valence-corrected chi connectivity index (χ2v) is 6.29. The molecule has 24 heavy (non-hydrogen) atoms. The van der Waals surface area contributed by atoms with E-state index < -0.39 is 0 Å². The molecular weight excluding hydrogens is 326 g/mol. The summed E-state index contributed by atoms with van der Waals surface area (Å²) < 4.78 is 11.6. The Morgan fingerprint density at radius 2 is 1.79 bits per heavy atom. The van der Waals surface area contributed by atoms with E-state index in [1.807, 2.05) is 30.3 Å². The van der Waals surface area contributed by atoms with E-state index in [-0.39, 0.29) is 5.41 Å². The lowest BCUT2D eigenvalue weighted by Gasteiger charge is -2.34. The number of pyridine rings is 1. The molecule has 0 unspecified atom stereocenters. The van der Waals surface area contributed by atoms with Gasteiger partial charge in [0.2, 0.25) is 11.8 Å². The summed E-state index contributed by atoms with van der Waals surface area (Å²) >= 11 is 6.21. The van der Waals surface area contributed by atoms with Crippen LogP contribution in [0.5, 0.6) is 0 Å². The first kappa shape index (κ1) is 15.3. The third-order valence-corrected chi connectivity index (χ3v) is 4.72. The summed E-state index contributed by atoms with van der Waals surface area (Å²) in [5.41, 5.74) is 1.59. The maximum Gasteiger partial charge on any atom is 0.247 e. The van der Waals surface area contributed by atoms with Crippen LogP contribution in [0.4, 0.5) is 0 Å². The van der Waals surface area contributed by atoms with Gasteiger partial charge in [-0.2, -0.15) is 0 Å². The molecule has 1 aromatic carbocycles. The molecule has 1 aliphatic heterocycles. The molecule has 3 aromatic rings. The smallest absolute Gasteiger partial charge is 0.247 e. The highest BCUT2D eigenvalue weighted by Crippen LogP contribution is 2.41. The van der Waals surface area contributed by atoms with Crippen LogP contribution in [0.1, 0.15) is 24.3 Å². The van der Waals surface area contributed by atoms with E-state index in [4.69, 9.17) is 20.8 Å². The van der Waals surface area contributed by atoms with Crippen molar-refractivity contribution < 1.29 is 9.15 Å². The third-order valence-electron chi connectivity index (χ3n) is 4.49. The molecule has 1 aliphatic rings. The van der Waals surface area contributed by atoms with Gasteiger partial charge in [0, 0.05) is 36.2 Å². The Morgan fingerprint density at radius 1 is 1.00 bits per heavy atom. The van der Waals surface area contributed by atoms with Crippen LogP contribution in [0.15, 0.2) is 53.2 Å². The number of halogens is 1. The fourth-order valence-corrected chi connectivity index (χ4v) is 3.35. The molecule has 0 saturated carbocycles. The van der Waals surface area contributed by atoms with Crippen LogP contribution in [0, 0.1) is 0 Å². The van der Waals surface area contributed by atoms with Crippen molar-refractivity contribution >= 4 is 11.6 Å². The summed E-state index contributed by atoms with van der Waals surface area (Å²) in [7, 11) is 0. The lowest BCUT2D eigenvalue weighted by molar-refractivity contribution is 0.0546. The fraction of sp³-hybridized carbons (Fsp3) is 0.278. The Balaban J connectivity index is 1.79. The number of aromatic nitrogens is 3. The van der Waals surface area contributed by atoms with Crippen LogP contribution in [0.3, 0.4) is 0 Å². The van der Waals surface area contributed by atoms with Gasteiger partial charge < -0.3 is 9.15 Å². The second kappa shape index (κ2) is 6.34. The molecule has 6 heteroatoms. The van der Waals surface area contributed by atoms with Crippen LogP contribution >= 0.6 is 11.6 Å². The molecule has 1 saturated heterocycles. The van der Waals surface area contributed by atoms with E-state index in [1.54, 1.807) is 12.4 Å². The number of hydrogen-bond acceptors (Lipinski definition) is 5. The summed E-state index contributed by atoms with van der Waals surface area (Å²) in [6, 6.07) is 11.6. The Hall–Kier alpha value is -2.24. The minimum absolute atomic E-state index is 0.360. The molecule has 122 valence electrons. The Kier molecular flexibility index (Phi) is 4.04. The van der Waals surface area contributed by atoms with E-state index in [1.165, 1.54) is 0 Å². The van der Waals surface area contributed by atoms with Gasteiger partial charge in [0.05, 0.1) is 5.41 Å². The van der Waals surface area contributed by atoms with Crippen molar-refractivity contribution in [2.45, 2.75) is 18.3 Å². The quantitative estimate of drug-likeness (QED) is 0.723. The average molecular weight is 342 g/mol. The van der Waals surface area contributed by atoms with Crippen molar-refractivity contribution in [1.29, 1.82) is 0 Å². The van der Waals surface area contributed by atoms with Crippen molar-refractivity contribution in [3.8, 4) is 11.5 Å². The molecule has 3 heterocycles. The summed E-state index contributed by atoms with van der Waals surface area (Å²) in [6.45, 7) is 1.30. The van der Waals surface area contributed by atoms with Gasteiger partial charge in [-0.1, -0.05) is 23.7 Å². The number of ether oxygens (including phenoxy) is 1. The summed E-state index contributed by atoms with van der Waals surface area (Å²) in [4.78, 5) is 4.02. The van der Waals surface area contributed by atoms with Crippen molar-refractivity contribution in [2.24, 2.45) is 0 Å². The fourth-order valence-electron chi connectivity index (χ4n) is 3.16. The van der Waals surface area contributed by atoms with Gasteiger partial charge in [-0.25, -0.2) is 0 Å². The highest BCUT2D eigenvalue weighted by atomic mass is 35.5. The first-order chi connectivity index (χ1) is 11.8. The number of nitrogens with zero attached hydrogens (tertiary/aromatic N) is 3. The SMILES string of the molecule is Clc1cccc(C2(c3nnc(-c4ccncc4)o3)CCOCC2)c1. The molecule has 0 amide bonds. The molecule has 0 aliphatic carbocycles. The van der Waals surface area contributed by atoms with Crippen LogP contribution in [0.25, 0.3) is 11.5 Å². The van der Waals surface area contributed by atoms with E-state index in [0.717, 1.165) is 24.0 Å².